The summed E-state index contributed by atoms with van der Waals surface area (Å²) in [5.41, 5.74) is 5.99. The second kappa shape index (κ2) is 7.07. The molecule has 1 heterocycles. The first-order chi connectivity index (χ1) is 9.67. The predicted molar refractivity (Wildman–Crippen MR) is 78.0 cm³/mol. The minimum atomic E-state index is -0.184. The lowest BCUT2D eigenvalue weighted by Gasteiger charge is -2.07. The maximum absolute atomic E-state index is 11.5. The summed E-state index contributed by atoms with van der Waals surface area (Å²) in [7, 11) is 0. The van der Waals surface area contributed by atoms with E-state index in [9.17, 15) is 4.79 Å². The second-order valence-corrected chi connectivity index (χ2v) is 4.76. The molecule has 0 saturated carbocycles. The van der Waals surface area contributed by atoms with E-state index < -0.39 is 0 Å². The van der Waals surface area contributed by atoms with E-state index in [1.807, 2.05) is 0 Å². The van der Waals surface area contributed by atoms with E-state index in [0.29, 0.717) is 29.6 Å². The van der Waals surface area contributed by atoms with Gasteiger partial charge < -0.3 is 15.5 Å². The maximum Gasteiger partial charge on any atom is 0.251 e. The van der Waals surface area contributed by atoms with Crippen LogP contribution in [0.3, 0.4) is 0 Å². The minimum Gasteiger partial charge on any atom is -0.486 e. The van der Waals surface area contributed by atoms with E-state index in [1.54, 1.807) is 24.3 Å². The van der Waals surface area contributed by atoms with Crippen molar-refractivity contribution in [1.29, 1.82) is 0 Å². The van der Waals surface area contributed by atoms with Crippen LogP contribution in [-0.4, -0.2) is 16.5 Å². The molecule has 20 heavy (non-hydrogen) atoms. The van der Waals surface area contributed by atoms with Crippen molar-refractivity contribution in [3.8, 4) is 5.75 Å². The Morgan fingerprint density at radius 2 is 2.20 bits per heavy atom. The van der Waals surface area contributed by atoms with E-state index in [4.69, 9.17) is 22.1 Å². The van der Waals surface area contributed by atoms with Crippen molar-refractivity contribution in [3.63, 3.8) is 0 Å². The first-order valence-electron chi connectivity index (χ1n) is 6.35. The van der Waals surface area contributed by atoms with Gasteiger partial charge in [-0.3, -0.25) is 4.79 Å². The highest BCUT2D eigenvalue weighted by Crippen LogP contribution is 2.17. The van der Waals surface area contributed by atoms with Crippen molar-refractivity contribution in [3.05, 3.63) is 57.2 Å². The number of hydrogen-bond acceptors (Lipinski definition) is 4. The van der Waals surface area contributed by atoms with Gasteiger partial charge in [-0.05, 0) is 37.6 Å². The predicted octanol–water partition coefficient (Wildman–Crippen LogP) is 1.89. The SMILES string of the molecule is NCCCc1cc(=O)[nH]c(COc2cccc(Cl)c2)n1. The molecule has 106 valence electrons. The van der Waals surface area contributed by atoms with Gasteiger partial charge in [0.2, 0.25) is 0 Å². The van der Waals surface area contributed by atoms with Gasteiger partial charge in [0.25, 0.3) is 5.56 Å². The lowest BCUT2D eigenvalue weighted by molar-refractivity contribution is 0.295. The molecule has 0 fully saturated rings. The highest BCUT2D eigenvalue weighted by Gasteiger charge is 2.03. The first kappa shape index (κ1) is 14.6. The van der Waals surface area contributed by atoms with Gasteiger partial charge >= 0.3 is 0 Å². The molecular formula is C14H16ClN3O2. The Balaban J connectivity index is 2.05. The zero-order chi connectivity index (χ0) is 14.4. The summed E-state index contributed by atoms with van der Waals surface area (Å²) in [6, 6.07) is 8.55. The molecule has 5 nitrogen and oxygen atoms in total. The molecule has 1 aromatic heterocycles. The summed E-state index contributed by atoms with van der Waals surface area (Å²) in [5, 5.41) is 0.598. The molecule has 0 aliphatic rings. The summed E-state index contributed by atoms with van der Waals surface area (Å²) >= 11 is 5.87. The number of hydrogen-bond donors (Lipinski definition) is 2. The van der Waals surface area contributed by atoms with E-state index >= 15 is 0 Å². The Morgan fingerprint density at radius 1 is 1.35 bits per heavy atom. The molecule has 0 atom stereocenters. The zero-order valence-electron chi connectivity index (χ0n) is 10.9. The molecule has 0 saturated heterocycles. The molecule has 0 unspecified atom stereocenters. The van der Waals surface area contributed by atoms with Gasteiger partial charge in [-0.2, -0.15) is 0 Å². The summed E-state index contributed by atoms with van der Waals surface area (Å²) in [5.74, 6) is 1.12. The lowest BCUT2D eigenvalue weighted by Crippen LogP contribution is -2.15. The van der Waals surface area contributed by atoms with E-state index in [-0.39, 0.29) is 12.2 Å². The van der Waals surface area contributed by atoms with Gasteiger partial charge in [0.05, 0.1) is 0 Å². The van der Waals surface area contributed by atoms with Gasteiger partial charge in [0.1, 0.15) is 18.2 Å². The number of aryl methyl sites for hydroxylation is 1. The molecule has 2 rings (SSSR count). The Labute approximate surface area is 121 Å². The topological polar surface area (TPSA) is 81.0 Å². The molecule has 0 aliphatic heterocycles. The fraction of sp³-hybridized carbons (Fsp3) is 0.286. The Morgan fingerprint density at radius 3 is 2.95 bits per heavy atom. The van der Waals surface area contributed by atoms with Crippen molar-refractivity contribution < 1.29 is 4.74 Å². The van der Waals surface area contributed by atoms with Gasteiger partial charge in [-0.15, -0.1) is 0 Å². The highest BCUT2D eigenvalue weighted by molar-refractivity contribution is 6.30. The normalized spacial score (nSPS) is 10.5. The quantitative estimate of drug-likeness (QED) is 0.852. The number of halogens is 1. The average molecular weight is 294 g/mol. The number of nitrogens with one attached hydrogen (secondary N) is 1. The third kappa shape index (κ3) is 4.36. The van der Waals surface area contributed by atoms with Crippen molar-refractivity contribution >= 4 is 11.6 Å². The zero-order valence-corrected chi connectivity index (χ0v) is 11.7. The number of aromatic amines is 1. The van der Waals surface area contributed by atoms with Gasteiger partial charge in [-0.25, -0.2) is 4.98 Å². The maximum atomic E-state index is 11.5. The standard InChI is InChI=1S/C14H16ClN3O2/c15-10-3-1-5-12(7-10)20-9-13-17-11(4-2-6-16)8-14(19)18-13/h1,3,5,7-8H,2,4,6,9,16H2,(H,17,18,19). The smallest absolute Gasteiger partial charge is 0.251 e. The van der Waals surface area contributed by atoms with Crippen molar-refractivity contribution in [2.24, 2.45) is 5.73 Å². The largest absolute Gasteiger partial charge is 0.486 e. The number of H-pyrrole nitrogens is 1. The average Bonchev–Trinajstić information content (AvgIpc) is 2.42. The van der Waals surface area contributed by atoms with Crippen LogP contribution in [0.4, 0.5) is 0 Å². The molecule has 6 heteroatoms. The third-order valence-electron chi connectivity index (χ3n) is 2.65. The van der Waals surface area contributed by atoms with Crippen molar-refractivity contribution in [2.45, 2.75) is 19.4 Å². The molecule has 0 amide bonds. The Hall–Kier alpha value is -1.85. The summed E-state index contributed by atoms with van der Waals surface area (Å²) in [6.07, 6.45) is 1.48. The molecule has 3 N–H and O–H groups in total. The van der Waals surface area contributed by atoms with Gasteiger partial charge in [0, 0.05) is 16.8 Å². The molecule has 1 aromatic carbocycles. The minimum absolute atomic E-state index is 0.184. The molecular weight excluding hydrogens is 278 g/mol. The van der Waals surface area contributed by atoms with Crippen LogP contribution in [0.2, 0.25) is 5.02 Å². The monoisotopic (exact) mass is 293 g/mol. The lowest BCUT2D eigenvalue weighted by atomic mass is 10.2. The van der Waals surface area contributed by atoms with Crippen LogP contribution in [0.1, 0.15) is 17.9 Å². The van der Waals surface area contributed by atoms with E-state index in [1.165, 1.54) is 6.07 Å². The van der Waals surface area contributed by atoms with Crippen molar-refractivity contribution in [1.82, 2.24) is 9.97 Å². The number of aromatic nitrogens is 2. The number of rotatable bonds is 6. The van der Waals surface area contributed by atoms with Crippen LogP contribution in [0.5, 0.6) is 5.75 Å². The molecule has 0 radical (unpaired) electrons. The Kier molecular flexibility index (Phi) is 5.15. The summed E-state index contributed by atoms with van der Waals surface area (Å²) in [6.45, 7) is 0.759. The molecule has 0 aliphatic carbocycles. The Bertz CT molecular complexity index is 628. The second-order valence-electron chi connectivity index (χ2n) is 4.32. The molecule has 0 bridgehead atoms. The van der Waals surface area contributed by atoms with Crippen LogP contribution < -0.4 is 16.0 Å². The van der Waals surface area contributed by atoms with Crippen LogP contribution in [0.15, 0.2) is 35.1 Å². The van der Waals surface area contributed by atoms with Gasteiger partial charge in [0.15, 0.2) is 0 Å². The number of nitrogens with two attached hydrogens (primary N) is 1. The first-order valence-corrected chi connectivity index (χ1v) is 6.73. The van der Waals surface area contributed by atoms with Crippen molar-refractivity contribution in [2.75, 3.05) is 6.54 Å². The number of ether oxygens (including phenoxy) is 1. The van der Waals surface area contributed by atoms with E-state index in [2.05, 4.69) is 9.97 Å². The number of benzene rings is 1. The molecule has 0 spiro atoms. The van der Waals surface area contributed by atoms with Crippen LogP contribution >= 0.6 is 11.6 Å². The van der Waals surface area contributed by atoms with Crippen LogP contribution in [0.25, 0.3) is 0 Å². The highest BCUT2D eigenvalue weighted by atomic mass is 35.5. The summed E-state index contributed by atoms with van der Waals surface area (Å²) in [4.78, 5) is 18.5. The third-order valence-corrected chi connectivity index (χ3v) is 2.89. The van der Waals surface area contributed by atoms with Gasteiger partial charge in [-0.1, -0.05) is 17.7 Å². The molecule has 2 aromatic rings. The van der Waals surface area contributed by atoms with E-state index in [0.717, 1.165) is 12.1 Å². The van der Waals surface area contributed by atoms with Crippen LogP contribution in [-0.2, 0) is 13.0 Å². The number of nitrogens with zero attached hydrogens (tertiary/aromatic N) is 1. The fourth-order valence-corrected chi connectivity index (χ4v) is 1.93. The summed E-state index contributed by atoms with van der Waals surface area (Å²) < 4.78 is 5.55. The van der Waals surface area contributed by atoms with Crippen LogP contribution in [0, 0.1) is 0 Å². The fourth-order valence-electron chi connectivity index (χ4n) is 1.75.